The third-order valence-electron chi connectivity index (χ3n) is 2.04. The molecule has 0 aliphatic carbocycles. The highest BCUT2D eigenvalue weighted by molar-refractivity contribution is 6.61. The van der Waals surface area contributed by atoms with Crippen LogP contribution in [-0.4, -0.2) is 29.9 Å². The average molecular weight is 194 g/mol. The maximum atomic E-state index is 9.25. The van der Waals surface area contributed by atoms with E-state index in [-0.39, 0.29) is 6.42 Å². The van der Waals surface area contributed by atoms with Crippen molar-refractivity contribution in [2.45, 2.75) is 19.0 Å². The Balaban J connectivity index is 2.11. The van der Waals surface area contributed by atoms with Crippen LogP contribution in [0.2, 0.25) is 0 Å². The molecule has 0 radical (unpaired) electrons. The molecule has 5 heteroatoms. The lowest BCUT2D eigenvalue weighted by atomic mass is 9.78. The quantitative estimate of drug-likeness (QED) is 0.589. The Morgan fingerprint density at radius 2 is 1.64 bits per heavy atom. The lowest BCUT2D eigenvalue weighted by Gasteiger charge is -2.28. The lowest BCUT2D eigenvalue weighted by molar-refractivity contribution is -0.158. The van der Waals surface area contributed by atoms with Gasteiger partial charge < -0.3 is 19.5 Å². The summed E-state index contributed by atoms with van der Waals surface area (Å²) in [5.41, 5.74) is 0.783. The fraction of sp³-hybridized carbons (Fsp3) is 0.333. The molecule has 74 valence electrons. The van der Waals surface area contributed by atoms with Gasteiger partial charge in [0.25, 0.3) is 0 Å². The highest BCUT2D eigenvalue weighted by Crippen LogP contribution is 2.12. The Morgan fingerprint density at radius 3 is 2.21 bits per heavy atom. The number of hydrogen-bond acceptors (Lipinski definition) is 4. The van der Waals surface area contributed by atoms with Crippen molar-refractivity contribution in [1.82, 2.24) is 0 Å². The molecule has 0 spiro atoms. The predicted molar refractivity (Wildman–Crippen MR) is 50.6 cm³/mol. The summed E-state index contributed by atoms with van der Waals surface area (Å²) in [7, 11) is -0.685. The van der Waals surface area contributed by atoms with Crippen molar-refractivity contribution in [1.29, 1.82) is 0 Å². The van der Waals surface area contributed by atoms with Gasteiger partial charge in [0.05, 0.1) is 0 Å². The van der Waals surface area contributed by atoms with Crippen molar-refractivity contribution in [2.75, 3.05) is 0 Å². The highest BCUT2D eigenvalue weighted by atomic mass is 16.7. The first-order chi connectivity index (χ1) is 6.75. The molecule has 2 rings (SSSR count). The molecule has 1 aliphatic heterocycles. The van der Waals surface area contributed by atoms with Gasteiger partial charge in [-0.1, -0.05) is 30.3 Å². The molecule has 0 bridgehead atoms. The van der Waals surface area contributed by atoms with Crippen LogP contribution in [0, 0.1) is 0 Å². The normalized spacial score (nSPS) is 27.7. The zero-order valence-electron chi connectivity index (χ0n) is 7.54. The number of benzene rings is 1. The van der Waals surface area contributed by atoms with Gasteiger partial charge in [-0.05, 0) is 5.46 Å². The van der Waals surface area contributed by atoms with Gasteiger partial charge in [-0.25, -0.2) is 0 Å². The summed E-state index contributed by atoms with van der Waals surface area (Å²) in [6.45, 7) is 0. The van der Waals surface area contributed by atoms with Crippen LogP contribution in [0.4, 0.5) is 0 Å². The SMILES string of the molecule is OC1CC(O)OB(c2ccccc2)O1. The van der Waals surface area contributed by atoms with Crippen LogP contribution in [0.15, 0.2) is 30.3 Å². The summed E-state index contributed by atoms with van der Waals surface area (Å²) in [5, 5.41) is 18.5. The molecule has 1 saturated heterocycles. The van der Waals surface area contributed by atoms with Gasteiger partial charge >= 0.3 is 7.12 Å². The smallest absolute Gasteiger partial charge is 0.381 e. The Bertz CT molecular complexity index is 282. The minimum absolute atomic E-state index is 0.0866. The third kappa shape index (κ3) is 2.13. The van der Waals surface area contributed by atoms with Gasteiger partial charge in [0.2, 0.25) is 0 Å². The summed E-state index contributed by atoms with van der Waals surface area (Å²) in [6, 6.07) is 9.19. The van der Waals surface area contributed by atoms with Crippen molar-refractivity contribution >= 4 is 12.6 Å². The monoisotopic (exact) mass is 194 g/mol. The molecule has 4 nitrogen and oxygen atoms in total. The first kappa shape index (κ1) is 9.67. The summed E-state index contributed by atoms with van der Waals surface area (Å²) in [4.78, 5) is 0. The minimum Gasteiger partial charge on any atom is -0.381 e. The topological polar surface area (TPSA) is 58.9 Å². The standard InChI is InChI=1S/C9H11BO4/c11-8-6-9(12)14-10(13-8)7-4-2-1-3-5-7/h1-5,8-9,11-12H,6H2. The number of aliphatic hydroxyl groups excluding tert-OH is 2. The summed E-state index contributed by atoms with van der Waals surface area (Å²) in [5.74, 6) is 0. The molecule has 1 fully saturated rings. The second-order valence-corrected chi connectivity index (χ2v) is 3.16. The fourth-order valence-corrected chi connectivity index (χ4v) is 1.37. The summed E-state index contributed by atoms with van der Waals surface area (Å²) in [6.07, 6.45) is -1.85. The molecule has 2 N–H and O–H groups in total. The zero-order chi connectivity index (χ0) is 9.97. The molecule has 1 aromatic carbocycles. The van der Waals surface area contributed by atoms with E-state index in [0.29, 0.717) is 0 Å². The van der Waals surface area contributed by atoms with E-state index in [1.807, 2.05) is 30.3 Å². The summed E-state index contributed by atoms with van der Waals surface area (Å²) >= 11 is 0. The van der Waals surface area contributed by atoms with Crippen LogP contribution >= 0.6 is 0 Å². The van der Waals surface area contributed by atoms with E-state index in [2.05, 4.69) is 0 Å². The Kier molecular flexibility index (Phi) is 2.83. The lowest BCUT2D eigenvalue weighted by Crippen LogP contribution is -2.48. The minimum atomic E-state index is -0.969. The highest BCUT2D eigenvalue weighted by Gasteiger charge is 2.33. The van der Waals surface area contributed by atoms with E-state index in [1.165, 1.54) is 0 Å². The van der Waals surface area contributed by atoms with Gasteiger partial charge in [0.1, 0.15) is 12.6 Å². The van der Waals surface area contributed by atoms with Gasteiger partial charge in [-0.15, -0.1) is 0 Å². The van der Waals surface area contributed by atoms with Gasteiger partial charge in [-0.3, -0.25) is 0 Å². The van der Waals surface area contributed by atoms with Crippen molar-refractivity contribution < 1.29 is 19.5 Å². The maximum Gasteiger partial charge on any atom is 0.497 e. The molecule has 0 amide bonds. The van der Waals surface area contributed by atoms with E-state index in [4.69, 9.17) is 9.31 Å². The maximum absolute atomic E-state index is 9.25. The van der Waals surface area contributed by atoms with Gasteiger partial charge in [0, 0.05) is 6.42 Å². The van der Waals surface area contributed by atoms with E-state index < -0.39 is 19.7 Å². The van der Waals surface area contributed by atoms with Crippen LogP contribution in [0.3, 0.4) is 0 Å². The Hall–Kier alpha value is -0.875. The third-order valence-corrected chi connectivity index (χ3v) is 2.04. The number of aliphatic hydroxyl groups is 2. The number of hydrogen-bond donors (Lipinski definition) is 2. The van der Waals surface area contributed by atoms with Gasteiger partial charge in [-0.2, -0.15) is 0 Å². The van der Waals surface area contributed by atoms with E-state index in [0.717, 1.165) is 5.46 Å². The van der Waals surface area contributed by atoms with Crippen LogP contribution in [0.5, 0.6) is 0 Å². The van der Waals surface area contributed by atoms with Crippen molar-refractivity contribution in [3.63, 3.8) is 0 Å². The van der Waals surface area contributed by atoms with Crippen LogP contribution in [0.25, 0.3) is 0 Å². The van der Waals surface area contributed by atoms with Crippen molar-refractivity contribution in [2.24, 2.45) is 0 Å². The van der Waals surface area contributed by atoms with E-state index >= 15 is 0 Å². The average Bonchev–Trinajstić information content (AvgIpc) is 2.18. The Labute approximate surface area is 82.2 Å². The molecule has 1 aliphatic rings. The first-order valence-electron chi connectivity index (χ1n) is 4.48. The van der Waals surface area contributed by atoms with Crippen molar-refractivity contribution in [3.05, 3.63) is 30.3 Å². The van der Waals surface area contributed by atoms with Crippen molar-refractivity contribution in [3.8, 4) is 0 Å². The fourth-order valence-electron chi connectivity index (χ4n) is 1.37. The molecule has 0 aromatic heterocycles. The number of rotatable bonds is 1. The molecule has 0 saturated carbocycles. The van der Waals surface area contributed by atoms with E-state index in [9.17, 15) is 10.2 Å². The molecule has 2 unspecified atom stereocenters. The second-order valence-electron chi connectivity index (χ2n) is 3.16. The molecular weight excluding hydrogens is 183 g/mol. The van der Waals surface area contributed by atoms with Crippen LogP contribution < -0.4 is 5.46 Å². The largest absolute Gasteiger partial charge is 0.497 e. The molecule has 1 aromatic rings. The summed E-state index contributed by atoms with van der Waals surface area (Å²) < 4.78 is 10.2. The second kappa shape index (κ2) is 4.10. The van der Waals surface area contributed by atoms with Gasteiger partial charge in [0.15, 0.2) is 0 Å². The van der Waals surface area contributed by atoms with Crippen LogP contribution in [-0.2, 0) is 9.31 Å². The molecule has 14 heavy (non-hydrogen) atoms. The predicted octanol–water partition coefficient (Wildman–Crippen LogP) is -0.545. The van der Waals surface area contributed by atoms with E-state index in [1.54, 1.807) is 0 Å². The first-order valence-corrected chi connectivity index (χ1v) is 4.48. The molecule has 2 atom stereocenters. The molecule has 1 heterocycles. The van der Waals surface area contributed by atoms with Crippen LogP contribution in [0.1, 0.15) is 6.42 Å². The zero-order valence-corrected chi connectivity index (χ0v) is 7.54. The molecular formula is C9H11BO4. The Morgan fingerprint density at radius 1 is 1.07 bits per heavy atom.